The lowest BCUT2D eigenvalue weighted by Gasteiger charge is -2.39. The molecular weight excluding hydrogens is 423 g/mol. The number of halogens is 1. The van der Waals surface area contributed by atoms with E-state index in [1.54, 1.807) is 23.0 Å². The molecule has 0 unspecified atom stereocenters. The van der Waals surface area contributed by atoms with E-state index in [2.05, 4.69) is 5.10 Å². The fraction of sp³-hybridized carbons (Fsp3) is 0.560. The number of carbonyl (C=O) groups is 2. The van der Waals surface area contributed by atoms with Crippen molar-refractivity contribution < 1.29 is 18.7 Å². The fourth-order valence-electron chi connectivity index (χ4n) is 4.79. The molecule has 0 bridgehead atoms. The number of benzene rings is 1. The third-order valence-electron chi connectivity index (χ3n) is 6.70. The number of amides is 2. The summed E-state index contributed by atoms with van der Waals surface area (Å²) < 4.78 is 21.3. The topological polar surface area (TPSA) is 67.7 Å². The molecule has 2 amide bonds. The maximum absolute atomic E-state index is 13.3. The van der Waals surface area contributed by atoms with Gasteiger partial charge in [-0.1, -0.05) is 0 Å². The molecule has 1 aromatic carbocycles. The van der Waals surface area contributed by atoms with Crippen LogP contribution < -0.4 is 4.74 Å². The molecule has 0 aliphatic carbocycles. The van der Waals surface area contributed by atoms with Crippen LogP contribution in [0.2, 0.25) is 0 Å². The predicted octanol–water partition coefficient (Wildman–Crippen LogP) is 3.66. The maximum atomic E-state index is 13.3. The van der Waals surface area contributed by atoms with E-state index >= 15 is 0 Å². The molecule has 2 aromatic rings. The summed E-state index contributed by atoms with van der Waals surface area (Å²) in [5.41, 5.74) is 1.32. The normalized spacial score (nSPS) is 21.2. The van der Waals surface area contributed by atoms with Crippen molar-refractivity contribution in [2.75, 3.05) is 26.2 Å². The second kappa shape index (κ2) is 10.4. The number of aryl methyl sites for hydroxylation is 2. The average molecular weight is 457 g/mol. The van der Waals surface area contributed by atoms with E-state index in [9.17, 15) is 14.0 Å². The number of aromatic nitrogens is 2. The first-order valence-corrected chi connectivity index (χ1v) is 12.0. The van der Waals surface area contributed by atoms with Crippen molar-refractivity contribution in [2.45, 2.75) is 58.6 Å². The summed E-state index contributed by atoms with van der Waals surface area (Å²) in [6.07, 6.45) is 5.77. The zero-order valence-corrected chi connectivity index (χ0v) is 19.5. The van der Waals surface area contributed by atoms with E-state index in [4.69, 9.17) is 4.74 Å². The molecule has 0 spiro atoms. The van der Waals surface area contributed by atoms with Gasteiger partial charge in [-0.05, 0) is 57.4 Å². The molecule has 7 nitrogen and oxygen atoms in total. The van der Waals surface area contributed by atoms with Crippen LogP contribution in [0.25, 0.3) is 0 Å². The van der Waals surface area contributed by atoms with E-state index in [0.29, 0.717) is 49.5 Å². The van der Waals surface area contributed by atoms with Gasteiger partial charge in [-0.15, -0.1) is 0 Å². The second-order valence-corrected chi connectivity index (χ2v) is 9.04. The van der Waals surface area contributed by atoms with Crippen molar-refractivity contribution in [1.29, 1.82) is 0 Å². The Labute approximate surface area is 194 Å². The van der Waals surface area contributed by atoms with Gasteiger partial charge < -0.3 is 14.5 Å². The molecule has 4 rings (SSSR count). The summed E-state index contributed by atoms with van der Waals surface area (Å²) in [6.45, 7) is 7.12. The summed E-state index contributed by atoms with van der Waals surface area (Å²) >= 11 is 0. The van der Waals surface area contributed by atoms with E-state index < -0.39 is 0 Å². The van der Waals surface area contributed by atoms with Crippen LogP contribution in [0.3, 0.4) is 0 Å². The van der Waals surface area contributed by atoms with Crippen LogP contribution in [0.4, 0.5) is 4.39 Å². The number of hydrogen-bond acceptors (Lipinski definition) is 4. The fourth-order valence-corrected chi connectivity index (χ4v) is 4.79. The highest BCUT2D eigenvalue weighted by Gasteiger charge is 2.36. The Balaban J connectivity index is 1.50. The first kappa shape index (κ1) is 23.3. The third kappa shape index (κ3) is 5.54. The van der Waals surface area contributed by atoms with Crippen LogP contribution in [0.15, 0.2) is 30.5 Å². The summed E-state index contributed by atoms with van der Waals surface area (Å²) in [6, 6.07) is 5.96. The molecule has 0 saturated carbocycles. The van der Waals surface area contributed by atoms with Gasteiger partial charge in [-0.3, -0.25) is 14.3 Å². The highest BCUT2D eigenvalue weighted by atomic mass is 19.1. The summed E-state index contributed by atoms with van der Waals surface area (Å²) in [7, 11) is 0. The summed E-state index contributed by atoms with van der Waals surface area (Å²) in [5.74, 6) is 0.197. The minimum Gasteiger partial charge on any atom is -0.490 e. The van der Waals surface area contributed by atoms with Crippen LogP contribution in [-0.2, 0) is 11.3 Å². The highest BCUT2D eigenvalue weighted by Crippen LogP contribution is 2.28. The van der Waals surface area contributed by atoms with Crippen LogP contribution in [0.1, 0.15) is 55.1 Å². The van der Waals surface area contributed by atoms with E-state index in [-0.39, 0.29) is 29.7 Å². The SMILES string of the molecule is CCn1cc(C(=O)N2CC[C@H](Oc3ccc(F)cc3)[C@@H](CC(=O)N3CCCCC3)C2)c(C)n1. The Hall–Kier alpha value is -2.90. The number of carbonyl (C=O) groups excluding carboxylic acids is 2. The smallest absolute Gasteiger partial charge is 0.257 e. The Bertz CT molecular complexity index is 969. The first-order chi connectivity index (χ1) is 15.9. The Morgan fingerprint density at radius 2 is 1.82 bits per heavy atom. The Kier molecular flexibility index (Phi) is 7.30. The van der Waals surface area contributed by atoms with Gasteiger partial charge >= 0.3 is 0 Å². The molecule has 3 heterocycles. The van der Waals surface area contributed by atoms with Crippen molar-refractivity contribution in [3.8, 4) is 5.75 Å². The predicted molar refractivity (Wildman–Crippen MR) is 123 cm³/mol. The van der Waals surface area contributed by atoms with E-state index in [1.165, 1.54) is 12.1 Å². The Morgan fingerprint density at radius 3 is 2.48 bits per heavy atom. The van der Waals surface area contributed by atoms with E-state index in [0.717, 1.165) is 32.4 Å². The Morgan fingerprint density at radius 1 is 1.09 bits per heavy atom. The van der Waals surface area contributed by atoms with Gasteiger partial charge in [-0.2, -0.15) is 5.10 Å². The number of rotatable bonds is 6. The first-order valence-electron chi connectivity index (χ1n) is 12.0. The van der Waals surface area contributed by atoms with Crippen LogP contribution in [0, 0.1) is 18.7 Å². The van der Waals surface area contributed by atoms with Gasteiger partial charge in [0.15, 0.2) is 0 Å². The second-order valence-electron chi connectivity index (χ2n) is 9.04. The largest absolute Gasteiger partial charge is 0.490 e. The van der Waals surface area contributed by atoms with Gasteiger partial charge in [-0.25, -0.2) is 4.39 Å². The molecule has 2 fully saturated rings. The molecule has 8 heteroatoms. The molecule has 2 atom stereocenters. The summed E-state index contributed by atoms with van der Waals surface area (Å²) in [5, 5.41) is 4.40. The van der Waals surface area contributed by atoms with Gasteiger partial charge in [0.05, 0.1) is 11.3 Å². The number of ether oxygens (including phenoxy) is 1. The van der Waals surface area contributed by atoms with Gasteiger partial charge in [0.1, 0.15) is 17.7 Å². The monoisotopic (exact) mass is 456 g/mol. The van der Waals surface area contributed by atoms with Crippen LogP contribution in [0.5, 0.6) is 5.75 Å². The third-order valence-corrected chi connectivity index (χ3v) is 6.70. The maximum Gasteiger partial charge on any atom is 0.257 e. The van der Waals surface area contributed by atoms with E-state index in [1.807, 2.05) is 23.6 Å². The molecule has 2 aliphatic rings. The molecule has 2 aliphatic heterocycles. The highest BCUT2D eigenvalue weighted by molar-refractivity contribution is 5.95. The molecule has 0 N–H and O–H groups in total. The molecule has 2 saturated heterocycles. The number of piperidine rings is 2. The minimum atomic E-state index is -0.317. The molecule has 1 aromatic heterocycles. The van der Waals surface area contributed by atoms with Gasteiger partial charge in [0, 0.05) is 57.7 Å². The van der Waals surface area contributed by atoms with Crippen molar-refractivity contribution in [1.82, 2.24) is 19.6 Å². The van der Waals surface area contributed by atoms with Gasteiger partial charge in [0.2, 0.25) is 5.91 Å². The summed E-state index contributed by atoms with van der Waals surface area (Å²) in [4.78, 5) is 30.1. The zero-order valence-electron chi connectivity index (χ0n) is 19.5. The molecule has 33 heavy (non-hydrogen) atoms. The van der Waals surface area contributed by atoms with Crippen LogP contribution in [-0.4, -0.2) is 63.7 Å². The minimum absolute atomic E-state index is 0.0529. The standard InChI is InChI=1S/C25H33FN4O3/c1-3-30-17-22(18(2)27-30)25(32)29-14-11-23(33-21-9-7-20(26)8-10-21)19(16-29)15-24(31)28-12-5-4-6-13-28/h7-10,17,19,23H,3-6,11-16H2,1-2H3/t19-,23-/m0/s1. The zero-order chi connectivity index (χ0) is 23.4. The van der Waals surface area contributed by atoms with Crippen LogP contribution >= 0.6 is 0 Å². The van der Waals surface area contributed by atoms with Crippen molar-refractivity contribution in [3.05, 3.63) is 47.5 Å². The molecule has 0 radical (unpaired) electrons. The lowest BCUT2D eigenvalue weighted by atomic mass is 9.90. The lowest BCUT2D eigenvalue weighted by molar-refractivity contribution is -0.134. The number of hydrogen-bond donors (Lipinski definition) is 0. The number of nitrogens with zero attached hydrogens (tertiary/aromatic N) is 4. The van der Waals surface area contributed by atoms with Gasteiger partial charge in [0.25, 0.3) is 5.91 Å². The van der Waals surface area contributed by atoms with Crippen molar-refractivity contribution >= 4 is 11.8 Å². The average Bonchev–Trinajstić information content (AvgIpc) is 3.22. The lowest BCUT2D eigenvalue weighted by Crippen LogP contribution is -2.50. The quantitative estimate of drug-likeness (QED) is 0.665. The van der Waals surface area contributed by atoms with Crippen molar-refractivity contribution in [2.24, 2.45) is 5.92 Å². The molecular formula is C25H33FN4O3. The molecule has 178 valence electrons. The number of likely N-dealkylation sites (tertiary alicyclic amines) is 2. The van der Waals surface area contributed by atoms with Crippen molar-refractivity contribution in [3.63, 3.8) is 0 Å².